The first kappa shape index (κ1) is 18.4. The monoisotopic (exact) mass is 390 g/mol. The fourth-order valence-corrected chi connectivity index (χ4v) is 2.95. The molecule has 29 heavy (non-hydrogen) atoms. The van der Waals surface area contributed by atoms with Gasteiger partial charge >= 0.3 is 0 Å². The topological polar surface area (TPSA) is 99.2 Å². The minimum absolute atomic E-state index is 0.116. The average molecular weight is 390 g/mol. The summed E-state index contributed by atoms with van der Waals surface area (Å²) in [6.07, 6.45) is 1.48. The Bertz CT molecular complexity index is 1200. The smallest absolute Gasteiger partial charge is 0.266 e. The van der Waals surface area contributed by atoms with Crippen molar-refractivity contribution in [2.75, 3.05) is 12.4 Å². The second-order valence-corrected chi connectivity index (χ2v) is 6.35. The standard InChI is InChI=1S/C21H18N4O4/c1-28-16-9-7-15(8-10-16)23-17(26)11-12-25-13-22-20-18(21(25)27)19(24-29-20)14-5-3-2-4-6-14/h2-10,13H,11-12H2,1H3,(H,23,26). The fourth-order valence-electron chi connectivity index (χ4n) is 2.95. The molecule has 0 aliphatic carbocycles. The Balaban J connectivity index is 1.51. The number of aryl methyl sites for hydroxylation is 1. The lowest BCUT2D eigenvalue weighted by Gasteiger charge is -2.07. The fraction of sp³-hybridized carbons (Fsp3) is 0.143. The molecule has 0 aliphatic heterocycles. The third-order valence-corrected chi connectivity index (χ3v) is 4.46. The lowest BCUT2D eigenvalue weighted by atomic mass is 10.1. The van der Waals surface area contributed by atoms with E-state index in [1.807, 2.05) is 30.3 Å². The summed E-state index contributed by atoms with van der Waals surface area (Å²) in [7, 11) is 1.58. The number of amides is 1. The van der Waals surface area contributed by atoms with Crippen molar-refractivity contribution >= 4 is 22.7 Å². The van der Waals surface area contributed by atoms with Crippen molar-refractivity contribution in [1.82, 2.24) is 14.7 Å². The van der Waals surface area contributed by atoms with Crippen LogP contribution in [-0.2, 0) is 11.3 Å². The molecular formula is C21H18N4O4. The highest BCUT2D eigenvalue weighted by atomic mass is 16.5. The highest BCUT2D eigenvalue weighted by Crippen LogP contribution is 2.23. The van der Waals surface area contributed by atoms with Crippen molar-refractivity contribution in [2.24, 2.45) is 0 Å². The number of hydrogen-bond acceptors (Lipinski definition) is 6. The molecule has 146 valence electrons. The van der Waals surface area contributed by atoms with Crippen molar-refractivity contribution in [1.29, 1.82) is 0 Å². The SMILES string of the molecule is COc1ccc(NC(=O)CCn2cnc3onc(-c4ccccc4)c3c2=O)cc1. The van der Waals surface area contributed by atoms with Crippen molar-refractivity contribution in [3.05, 3.63) is 71.3 Å². The molecule has 0 spiro atoms. The second kappa shape index (κ2) is 7.97. The van der Waals surface area contributed by atoms with E-state index in [9.17, 15) is 9.59 Å². The van der Waals surface area contributed by atoms with Gasteiger partial charge in [-0.3, -0.25) is 14.2 Å². The molecule has 1 N–H and O–H groups in total. The molecule has 4 rings (SSSR count). The lowest BCUT2D eigenvalue weighted by Crippen LogP contribution is -2.23. The van der Waals surface area contributed by atoms with E-state index >= 15 is 0 Å². The van der Waals surface area contributed by atoms with Crippen molar-refractivity contribution in [2.45, 2.75) is 13.0 Å². The van der Waals surface area contributed by atoms with Crippen molar-refractivity contribution in [3.63, 3.8) is 0 Å². The summed E-state index contributed by atoms with van der Waals surface area (Å²) in [5.74, 6) is 0.493. The summed E-state index contributed by atoms with van der Waals surface area (Å²) in [6, 6.07) is 16.3. The molecule has 0 bridgehead atoms. The predicted octanol–water partition coefficient (Wildman–Crippen LogP) is 3.09. The summed E-state index contributed by atoms with van der Waals surface area (Å²) in [5, 5.41) is 7.08. The normalized spacial score (nSPS) is 10.8. The Hall–Kier alpha value is -3.94. The zero-order chi connectivity index (χ0) is 20.2. The molecule has 0 aliphatic rings. The zero-order valence-electron chi connectivity index (χ0n) is 15.7. The third kappa shape index (κ3) is 3.86. The van der Waals surface area contributed by atoms with Crippen LogP contribution in [-0.4, -0.2) is 27.7 Å². The first-order chi connectivity index (χ1) is 14.2. The summed E-state index contributed by atoms with van der Waals surface area (Å²) >= 11 is 0. The molecule has 8 heteroatoms. The molecule has 0 saturated heterocycles. The molecule has 2 aromatic heterocycles. The minimum Gasteiger partial charge on any atom is -0.497 e. The number of fused-ring (bicyclic) bond motifs is 1. The van der Waals surface area contributed by atoms with Gasteiger partial charge in [-0.05, 0) is 24.3 Å². The first-order valence-electron chi connectivity index (χ1n) is 9.00. The Morgan fingerprint density at radius 3 is 2.62 bits per heavy atom. The van der Waals surface area contributed by atoms with Gasteiger partial charge in [0.15, 0.2) is 0 Å². The summed E-state index contributed by atoms with van der Waals surface area (Å²) in [4.78, 5) is 29.3. The molecule has 4 aromatic rings. The molecule has 0 atom stereocenters. The summed E-state index contributed by atoms with van der Waals surface area (Å²) < 4.78 is 11.7. The second-order valence-electron chi connectivity index (χ2n) is 6.35. The van der Waals surface area contributed by atoms with E-state index in [-0.39, 0.29) is 30.1 Å². The van der Waals surface area contributed by atoms with Crippen LogP contribution in [0.15, 0.2) is 70.2 Å². The number of hydrogen-bond donors (Lipinski definition) is 1. The number of ether oxygens (including phenoxy) is 1. The number of rotatable bonds is 6. The van der Waals surface area contributed by atoms with Gasteiger partial charge < -0.3 is 14.6 Å². The number of carbonyl (C=O) groups is 1. The van der Waals surface area contributed by atoms with Gasteiger partial charge in [-0.1, -0.05) is 35.5 Å². The van der Waals surface area contributed by atoms with E-state index in [0.29, 0.717) is 22.5 Å². The van der Waals surface area contributed by atoms with Crippen LogP contribution in [0.3, 0.4) is 0 Å². The van der Waals surface area contributed by atoms with E-state index in [0.717, 1.165) is 5.56 Å². The Morgan fingerprint density at radius 1 is 1.14 bits per heavy atom. The van der Waals surface area contributed by atoms with Crippen LogP contribution < -0.4 is 15.6 Å². The summed E-state index contributed by atoms with van der Waals surface area (Å²) in [6.45, 7) is 0.184. The number of benzene rings is 2. The first-order valence-corrected chi connectivity index (χ1v) is 9.00. The Morgan fingerprint density at radius 2 is 1.90 bits per heavy atom. The van der Waals surface area contributed by atoms with Gasteiger partial charge in [0.1, 0.15) is 23.2 Å². The third-order valence-electron chi connectivity index (χ3n) is 4.46. The van der Waals surface area contributed by atoms with Gasteiger partial charge in [0.2, 0.25) is 5.91 Å². The van der Waals surface area contributed by atoms with Gasteiger partial charge in [0.05, 0.1) is 7.11 Å². The Labute approximate surface area is 165 Å². The van der Waals surface area contributed by atoms with Crippen molar-refractivity contribution in [3.8, 4) is 17.0 Å². The number of methoxy groups -OCH3 is 1. The molecule has 0 unspecified atom stereocenters. The van der Waals surface area contributed by atoms with E-state index in [4.69, 9.17) is 9.26 Å². The van der Waals surface area contributed by atoms with E-state index < -0.39 is 0 Å². The quantitative estimate of drug-likeness (QED) is 0.543. The number of nitrogens with zero attached hydrogens (tertiary/aromatic N) is 3. The highest BCUT2D eigenvalue weighted by molar-refractivity contribution is 5.91. The van der Waals surface area contributed by atoms with Gasteiger partial charge in [0, 0.05) is 24.2 Å². The Kier molecular flexibility index (Phi) is 5.07. The van der Waals surface area contributed by atoms with Gasteiger partial charge in [-0.25, -0.2) is 4.98 Å². The van der Waals surface area contributed by atoms with Crippen molar-refractivity contribution < 1.29 is 14.1 Å². The maximum absolute atomic E-state index is 12.9. The van der Waals surface area contributed by atoms with Crippen LogP contribution in [0, 0.1) is 0 Å². The molecule has 2 aromatic carbocycles. The van der Waals surface area contributed by atoms with Crippen LogP contribution in [0.1, 0.15) is 6.42 Å². The molecule has 0 saturated carbocycles. The maximum Gasteiger partial charge on any atom is 0.266 e. The molecular weight excluding hydrogens is 372 g/mol. The van der Waals surface area contributed by atoms with E-state index in [1.54, 1.807) is 31.4 Å². The largest absolute Gasteiger partial charge is 0.497 e. The number of carbonyl (C=O) groups excluding carboxylic acids is 1. The predicted molar refractivity (Wildman–Crippen MR) is 108 cm³/mol. The van der Waals surface area contributed by atoms with Gasteiger partial charge in [0.25, 0.3) is 11.3 Å². The molecule has 0 fully saturated rings. The number of nitrogens with one attached hydrogen (secondary N) is 1. The lowest BCUT2D eigenvalue weighted by molar-refractivity contribution is -0.116. The molecule has 8 nitrogen and oxygen atoms in total. The molecule has 0 radical (unpaired) electrons. The van der Waals surface area contributed by atoms with Gasteiger partial charge in [-0.15, -0.1) is 0 Å². The summed E-state index contributed by atoms with van der Waals surface area (Å²) in [5.41, 5.74) is 1.73. The number of anilines is 1. The zero-order valence-corrected chi connectivity index (χ0v) is 15.7. The maximum atomic E-state index is 12.9. The van der Waals surface area contributed by atoms with E-state index in [2.05, 4.69) is 15.5 Å². The van der Waals surface area contributed by atoms with Gasteiger partial charge in [-0.2, -0.15) is 0 Å². The molecule has 2 heterocycles. The van der Waals surface area contributed by atoms with Crippen LogP contribution in [0.2, 0.25) is 0 Å². The van der Waals surface area contributed by atoms with Crippen LogP contribution in [0.5, 0.6) is 5.75 Å². The highest BCUT2D eigenvalue weighted by Gasteiger charge is 2.17. The van der Waals surface area contributed by atoms with E-state index in [1.165, 1.54) is 10.9 Å². The van der Waals surface area contributed by atoms with Crippen LogP contribution >= 0.6 is 0 Å². The average Bonchev–Trinajstić information content (AvgIpc) is 3.19. The molecule has 1 amide bonds. The minimum atomic E-state index is -0.299. The van der Waals surface area contributed by atoms with Crippen LogP contribution in [0.4, 0.5) is 5.69 Å². The van der Waals surface area contributed by atoms with Crippen LogP contribution in [0.25, 0.3) is 22.4 Å². The number of aromatic nitrogens is 3.